The molecule has 0 spiro atoms. The van der Waals surface area contributed by atoms with E-state index >= 15 is 0 Å². The fraction of sp³-hybridized carbons (Fsp3) is 1.00. The van der Waals surface area contributed by atoms with Crippen LogP contribution < -0.4 is 5.32 Å². The number of fused-ring (bicyclic) bond motifs is 1. The Morgan fingerprint density at radius 1 is 0.950 bits per heavy atom. The van der Waals surface area contributed by atoms with Crippen LogP contribution in [0.2, 0.25) is 0 Å². The van der Waals surface area contributed by atoms with Crippen molar-refractivity contribution in [1.29, 1.82) is 0 Å². The van der Waals surface area contributed by atoms with Crippen LogP contribution in [0.15, 0.2) is 0 Å². The molecular weight excluding hydrogens is 248 g/mol. The molecule has 3 rings (SSSR count). The zero-order chi connectivity index (χ0) is 13.6. The highest BCUT2D eigenvalue weighted by Crippen LogP contribution is 2.28. The molecule has 0 aromatic rings. The van der Waals surface area contributed by atoms with Gasteiger partial charge in [0.15, 0.2) is 0 Å². The van der Waals surface area contributed by atoms with Crippen LogP contribution in [0.4, 0.5) is 0 Å². The minimum atomic E-state index is 0.538. The predicted octanol–water partition coefficient (Wildman–Crippen LogP) is 2.80. The molecule has 0 bridgehead atoms. The monoisotopic (exact) mass is 280 g/mol. The van der Waals surface area contributed by atoms with Gasteiger partial charge >= 0.3 is 0 Å². The number of morpholine rings is 1. The van der Waals surface area contributed by atoms with Gasteiger partial charge in [-0.2, -0.15) is 0 Å². The molecule has 2 atom stereocenters. The average molecular weight is 280 g/mol. The summed E-state index contributed by atoms with van der Waals surface area (Å²) in [7, 11) is 0. The van der Waals surface area contributed by atoms with Gasteiger partial charge in [-0.05, 0) is 38.1 Å². The lowest BCUT2D eigenvalue weighted by Gasteiger charge is -2.44. The minimum Gasteiger partial charge on any atom is -0.375 e. The molecule has 0 aromatic heterocycles. The van der Waals surface area contributed by atoms with Crippen molar-refractivity contribution in [1.82, 2.24) is 10.2 Å². The summed E-state index contributed by atoms with van der Waals surface area (Å²) in [6.07, 6.45) is 13.2. The second-order valence-electron chi connectivity index (χ2n) is 7.01. The normalized spacial score (nSPS) is 33.0. The van der Waals surface area contributed by atoms with E-state index in [1.807, 2.05) is 0 Å². The van der Waals surface area contributed by atoms with E-state index in [0.29, 0.717) is 12.1 Å². The van der Waals surface area contributed by atoms with E-state index in [-0.39, 0.29) is 0 Å². The molecule has 0 aromatic carbocycles. The molecule has 3 heteroatoms. The number of nitrogens with one attached hydrogen (secondary N) is 1. The Labute approximate surface area is 124 Å². The van der Waals surface area contributed by atoms with Gasteiger partial charge in [-0.25, -0.2) is 0 Å². The molecule has 3 nitrogen and oxygen atoms in total. The van der Waals surface area contributed by atoms with Gasteiger partial charge < -0.3 is 10.1 Å². The molecular formula is C17H32N2O. The highest BCUT2D eigenvalue weighted by atomic mass is 16.5. The fourth-order valence-electron chi connectivity index (χ4n) is 4.37. The third-order valence-corrected chi connectivity index (χ3v) is 5.58. The molecule has 1 aliphatic heterocycles. The lowest BCUT2D eigenvalue weighted by molar-refractivity contribution is -0.0874. The molecule has 1 heterocycles. The molecule has 3 aliphatic rings. The van der Waals surface area contributed by atoms with Gasteiger partial charge in [0.1, 0.15) is 0 Å². The summed E-state index contributed by atoms with van der Waals surface area (Å²) in [6.45, 7) is 5.73. The highest BCUT2D eigenvalue weighted by Gasteiger charge is 2.33. The number of rotatable bonds is 5. The maximum absolute atomic E-state index is 5.95. The van der Waals surface area contributed by atoms with Gasteiger partial charge in [0.25, 0.3) is 0 Å². The fourth-order valence-corrected chi connectivity index (χ4v) is 4.37. The Hall–Kier alpha value is -0.120. The van der Waals surface area contributed by atoms with Crippen LogP contribution in [-0.2, 0) is 4.74 Å². The van der Waals surface area contributed by atoms with Crippen molar-refractivity contribution in [3.05, 3.63) is 0 Å². The SMILES string of the molecule is C1CCC(CNCCN2CCOC3CCCCC32)CC1. The Bertz CT molecular complexity index is 276. The molecule has 2 saturated carbocycles. The molecule has 2 aliphatic carbocycles. The van der Waals surface area contributed by atoms with Crippen molar-refractivity contribution in [3.63, 3.8) is 0 Å². The smallest absolute Gasteiger partial charge is 0.0730 e. The summed E-state index contributed by atoms with van der Waals surface area (Å²) in [5, 5.41) is 3.72. The van der Waals surface area contributed by atoms with Crippen molar-refractivity contribution < 1.29 is 4.74 Å². The summed E-state index contributed by atoms with van der Waals surface area (Å²) in [5.74, 6) is 0.955. The summed E-state index contributed by atoms with van der Waals surface area (Å²) in [4.78, 5) is 2.70. The first-order chi connectivity index (χ1) is 9.93. The first-order valence-corrected chi connectivity index (χ1v) is 9.00. The number of hydrogen-bond donors (Lipinski definition) is 1. The first kappa shape index (κ1) is 14.8. The second kappa shape index (κ2) is 7.77. The topological polar surface area (TPSA) is 24.5 Å². The summed E-state index contributed by atoms with van der Waals surface area (Å²) in [5.41, 5.74) is 0. The van der Waals surface area contributed by atoms with Crippen LogP contribution in [0.5, 0.6) is 0 Å². The van der Waals surface area contributed by atoms with Gasteiger partial charge in [-0.15, -0.1) is 0 Å². The molecule has 2 unspecified atom stereocenters. The Balaban J connectivity index is 1.34. The minimum absolute atomic E-state index is 0.538. The van der Waals surface area contributed by atoms with Crippen LogP contribution in [0.1, 0.15) is 57.8 Å². The first-order valence-electron chi connectivity index (χ1n) is 9.00. The maximum Gasteiger partial charge on any atom is 0.0730 e. The van der Waals surface area contributed by atoms with E-state index in [0.717, 1.165) is 19.1 Å². The van der Waals surface area contributed by atoms with Crippen molar-refractivity contribution >= 4 is 0 Å². The van der Waals surface area contributed by atoms with Crippen molar-refractivity contribution in [2.45, 2.75) is 69.9 Å². The molecule has 20 heavy (non-hydrogen) atoms. The van der Waals surface area contributed by atoms with E-state index in [9.17, 15) is 0 Å². The van der Waals surface area contributed by atoms with Crippen molar-refractivity contribution in [2.75, 3.05) is 32.8 Å². The van der Waals surface area contributed by atoms with Gasteiger partial charge in [-0.1, -0.05) is 32.1 Å². The van der Waals surface area contributed by atoms with Gasteiger partial charge in [0.05, 0.1) is 12.7 Å². The third kappa shape index (κ3) is 3.96. The molecule has 116 valence electrons. The Morgan fingerprint density at radius 3 is 2.65 bits per heavy atom. The molecule has 1 saturated heterocycles. The lowest BCUT2D eigenvalue weighted by Crippen LogP contribution is -2.54. The number of hydrogen-bond acceptors (Lipinski definition) is 3. The van der Waals surface area contributed by atoms with Gasteiger partial charge in [-0.3, -0.25) is 4.90 Å². The van der Waals surface area contributed by atoms with E-state index in [2.05, 4.69) is 10.2 Å². The molecule has 0 radical (unpaired) electrons. The number of nitrogens with zero attached hydrogens (tertiary/aromatic N) is 1. The zero-order valence-corrected chi connectivity index (χ0v) is 13.0. The standard InChI is InChI=1S/C17H32N2O/c1-2-6-15(7-3-1)14-18-10-11-19-12-13-20-17-9-5-4-8-16(17)19/h15-18H,1-14H2. The quantitative estimate of drug-likeness (QED) is 0.784. The molecule has 1 N–H and O–H groups in total. The van der Waals surface area contributed by atoms with Crippen LogP contribution >= 0.6 is 0 Å². The van der Waals surface area contributed by atoms with Crippen LogP contribution in [0, 0.1) is 5.92 Å². The van der Waals surface area contributed by atoms with Gasteiger partial charge in [0, 0.05) is 25.7 Å². The largest absolute Gasteiger partial charge is 0.375 e. The van der Waals surface area contributed by atoms with Crippen LogP contribution in [0.3, 0.4) is 0 Å². The summed E-state index contributed by atoms with van der Waals surface area (Å²) in [6, 6.07) is 0.717. The highest BCUT2D eigenvalue weighted by molar-refractivity contribution is 4.87. The van der Waals surface area contributed by atoms with Crippen LogP contribution in [0.25, 0.3) is 0 Å². The third-order valence-electron chi connectivity index (χ3n) is 5.58. The average Bonchev–Trinajstić information content (AvgIpc) is 2.53. The van der Waals surface area contributed by atoms with E-state index in [1.54, 1.807) is 0 Å². The number of ether oxygens (including phenoxy) is 1. The van der Waals surface area contributed by atoms with Crippen molar-refractivity contribution in [3.8, 4) is 0 Å². The molecule has 3 fully saturated rings. The molecule has 0 amide bonds. The summed E-state index contributed by atoms with van der Waals surface area (Å²) < 4.78 is 5.95. The maximum atomic E-state index is 5.95. The van der Waals surface area contributed by atoms with E-state index in [1.165, 1.54) is 77.4 Å². The Kier molecular flexibility index (Phi) is 5.75. The predicted molar refractivity (Wildman–Crippen MR) is 83.0 cm³/mol. The lowest BCUT2D eigenvalue weighted by atomic mass is 9.89. The van der Waals surface area contributed by atoms with E-state index < -0.39 is 0 Å². The van der Waals surface area contributed by atoms with Crippen LogP contribution in [-0.4, -0.2) is 49.8 Å². The summed E-state index contributed by atoms with van der Waals surface area (Å²) >= 11 is 0. The van der Waals surface area contributed by atoms with Gasteiger partial charge in [0.2, 0.25) is 0 Å². The zero-order valence-electron chi connectivity index (χ0n) is 13.0. The van der Waals surface area contributed by atoms with E-state index in [4.69, 9.17) is 4.74 Å². The van der Waals surface area contributed by atoms with Crippen molar-refractivity contribution in [2.24, 2.45) is 5.92 Å². The Morgan fingerprint density at radius 2 is 1.75 bits per heavy atom. The second-order valence-corrected chi connectivity index (χ2v) is 7.01.